The predicted molar refractivity (Wildman–Crippen MR) is 59.5 cm³/mol. The van der Waals surface area contributed by atoms with Gasteiger partial charge in [0, 0.05) is 4.88 Å². The Kier molecular flexibility index (Phi) is 3.70. The largest absolute Gasteiger partial charge is 0.387 e. The van der Waals surface area contributed by atoms with Crippen molar-refractivity contribution in [2.75, 3.05) is 0 Å². The zero-order valence-corrected chi connectivity index (χ0v) is 9.77. The van der Waals surface area contributed by atoms with Crippen LogP contribution in [0.5, 0.6) is 0 Å². The van der Waals surface area contributed by atoms with Gasteiger partial charge >= 0.3 is 0 Å². The summed E-state index contributed by atoms with van der Waals surface area (Å²) in [5.41, 5.74) is 0.0816. The van der Waals surface area contributed by atoms with Crippen LogP contribution in [0.1, 0.15) is 43.2 Å². The average molecular weight is 214 g/mol. The molecule has 0 amide bonds. The summed E-state index contributed by atoms with van der Waals surface area (Å²) in [5, 5.41) is 22.2. The molecule has 2 nitrogen and oxygen atoms in total. The summed E-state index contributed by atoms with van der Waals surface area (Å²) in [6.07, 6.45) is 0.391. The SMILES string of the molecule is CCC(O)(CC)C(O)c1sccc1C. The lowest BCUT2D eigenvalue weighted by atomic mass is 9.89. The molecule has 0 radical (unpaired) electrons. The maximum atomic E-state index is 10.2. The molecule has 0 saturated heterocycles. The van der Waals surface area contributed by atoms with Crippen LogP contribution in [0.2, 0.25) is 0 Å². The van der Waals surface area contributed by atoms with Crippen LogP contribution in [0, 0.1) is 6.92 Å². The lowest BCUT2D eigenvalue weighted by Crippen LogP contribution is -2.34. The first-order valence-corrected chi connectivity index (χ1v) is 5.87. The summed E-state index contributed by atoms with van der Waals surface area (Å²) >= 11 is 1.51. The normalized spacial score (nSPS) is 14.4. The monoisotopic (exact) mass is 214 g/mol. The van der Waals surface area contributed by atoms with E-state index in [9.17, 15) is 10.2 Å². The molecule has 14 heavy (non-hydrogen) atoms. The molecule has 1 atom stereocenters. The van der Waals surface area contributed by atoms with Gasteiger partial charge in [0.1, 0.15) is 6.10 Å². The fraction of sp³-hybridized carbons (Fsp3) is 0.636. The van der Waals surface area contributed by atoms with Gasteiger partial charge in [0.05, 0.1) is 5.60 Å². The molecule has 1 aromatic rings. The van der Waals surface area contributed by atoms with Crippen molar-refractivity contribution in [3.05, 3.63) is 21.9 Å². The molecule has 1 heterocycles. The highest BCUT2D eigenvalue weighted by atomic mass is 32.1. The fourth-order valence-corrected chi connectivity index (χ4v) is 2.57. The Morgan fingerprint density at radius 3 is 2.36 bits per heavy atom. The molecule has 0 aliphatic rings. The molecule has 0 fully saturated rings. The summed E-state index contributed by atoms with van der Waals surface area (Å²) in [7, 11) is 0. The summed E-state index contributed by atoms with van der Waals surface area (Å²) in [5.74, 6) is 0. The molecule has 0 aromatic carbocycles. The number of rotatable bonds is 4. The molecule has 1 unspecified atom stereocenters. The zero-order chi connectivity index (χ0) is 10.8. The van der Waals surface area contributed by atoms with E-state index in [0.29, 0.717) is 12.8 Å². The van der Waals surface area contributed by atoms with Gasteiger partial charge in [-0.3, -0.25) is 0 Å². The molecule has 1 rings (SSSR count). The maximum Gasteiger partial charge on any atom is 0.117 e. The molecule has 3 heteroatoms. The number of hydrogen-bond donors (Lipinski definition) is 2. The molecule has 0 aliphatic carbocycles. The second-order valence-corrected chi connectivity index (χ2v) is 4.63. The van der Waals surface area contributed by atoms with Gasteiger partial charge in [-0.25, -0.2) is 0 Å². The van der Waals surface area contributed by atoms with Crippen LogP contribution in [0.15, 0.2) is 11.4 Å². The number of aryl methyl sites for hydroxylation is 1. The summed E-state index contributed by atoms with van der Waals surface area (Å²) in [4.78, 5) is 0.885. The summed E-state index contributed by atoms with van der Waals surface area (Å²) in [6.45, 7) is 5.76. The standard InChI is InChI=1S/C11H18O2S/c1-4-11(13,5-2)10(12)9-8(3)6-7-14-9/h6-7,10,12-13H,4-5H2,1-3H3. The highest BCUT2D eigenvalue weighted by Gasteiger charge is 2.34. The fourth-order valence-electron chi connectivity index (χ4n) is 1.55. The third-order valence-electron chi connectivity index (χ3n) is 2.88. The zero-order valence-electron chi connectivity index (χ0n) is 8.95. The highest BCUT2D eigenvalue weighted by molar-refractivity contribution is 7.10. The van der Waals surface area contributed by atoms with Crippen molar-refractivity contribution in [3.63, 3.8) is 0 Å². The van der Waals surface area contributed by atoms with Crippen molar-refractivity contribution in [1.29, 1.82) is 0 Å². The van der Waals surface area contributed by atoms with Crippen LogP contribution in [0.4, 0.5) is 0 Å². The highest BCUT2D eigenvalue weighted by Crippen LogP contribution is 2.35. The second kappa shape index (κ2) is 4.43. The van der Waals surface area contributed by atoms with Gasteiger partial charge in [0.25, 0.3) is 0 Å². The van der Waals surface area contributed by atoms with Crippen LogP contribution < -0.4 is 0 Å². The van der Waals surface area contributed by atoms with Gasteiger partial charge in [0.2, 0.25) is 0 Å². The lowest BCUT2D eigenvalue weighted by Gasteiger charge is -2.30. The molecular formula is C11H18O2S. The van der Waals surface area contributed by atoms with Crippen molar-refractivity contribution < 1.29 is 10.2 Å². The van der Waals surface area contributed by atoms with Crippen LogP contribution >= 0.6 is 11.3 Å². The van der Waals surface area contributed by atoms with Gasteiger partial charge in [0.15, 0.2) is 0 Å². The van der Waals surface area contributed by atoms with E-state index in [1.54, 1.807) is 0 Å². The quantitative estimate of drug-likeness (QED) is 0.809. The molecule has 1 aromatic heterocycles. The Morgan fingerprint density at radius 2 is 2.00 bits per heavy atom. The first-order valence-electron chi connectivity index (χ1n) is 4.99. The third-order valence-corrected chi connectivity index (χ3v) is 3.95. The van der Waals surface area contributed by atoms with E-state index in [4.69, 9.17) is 0 Å². The Labute approximate surface area is 89.2 Å². The van der Waals surface area contributed by atoms with E-state index in [0.717, 1.165) is 10.4 Å². The van der Waals surface area contributed by atoms with Crippen molar-refractivity contribution in [3.8, 4) is 0 Å². The molecule has 2 N–H and O–H groups in total. The van der Waals surface area contributed by atoms with Crippen molar-refractivity contribution in [1.82, 2.24) is 0 Å². The van der Waals surface area contributed by atoms with Crippen LogP contribution in [0.3, 0.4) is 0 Å². The molecule has 0 spiro atoms. The van der Waals surface area contributed by atoms with Gasteiger partial charge < -0.3 is 10.2 Å². The Bertz CT molecular complexity index is 289. The van der Waals surface area contributed by atoms with Crippen LogP contribution in [-0.4, -0.2) is 15.8 Å². The smallest absolute Gasteiger partial charge is 0.117 e. The second-order valence-electron chi connectivity index (χ2n) is 3.68. The molecule has 0 aliphatic heterocycles. The molecule has 0 bridgehead atoms. The van der Waals surface area contributed by atoms with Gasteiger partial charge in [-0.1, -0.05) is 13.8 Å². The number of aliphatic hydroxyl groups excluding tert-OH is 1. The van der Waals surface area contributed by atoms with E-state index >= 15 is 0 Å². The minimum Gasteiger partial charge on any atom is -0.387 e. The first-order chi connectivity index (χ1) is 6.55. The van der Waals surface area contributed by atoms with Crippen LogP contribution in [-0.2, 0) is 0 Å². The summed E-state index contributed by atoms with van der Waals surface area (Å²) in [6, 6.07) is 1.97. The first kappa shape index (κ1) is 11.7. The molecule has 0 saturated carbocycles. The Hall–Kier alpha value is -0.380. The Balaban J connectivity index is 2.94. The minimum absolute atomic E-state index is 0.571. The topological polar surface area (TPSA) is 40.5 Å². The van der Waals surface area contributed by atoms with Crippen molar-refractivity contribution in [2.24, 2.45) is 0 Å². The molecular weight excluding hydrogens is 196 g/mol. The number of hydrogen-bond acceptors (Lipinski definition) is 3. The average Bonchev–Trinajstić information content (AvgIpc) is 2.62. The van der Waals surface area contributed by atoms with E-state index < -0.39 is 11.7 Å². The van der Waals surface area contributed by atoms with Crippen LogP contribution in [0.25, 0.3) is 0 Å². The van der Waals surface area contributed by atoms with E-state index in [1.807, 2.05) is 32.2 Å². The Morgan fingerprint density at radius 1 is 1.43 bits per heavy atom. The van der Waals surface area contributed by atoms with Gasteiger partial charge in [-0.2, -0.15) is 0 Å². The predicted octanol–water partition coefficient (Wildman–Crippen LogP) is 2.64. The van der Waals surface area contributed by atoms with Gasteiger partial charge in [-0.15, -0.1) is 11.3 Å². The van der Waals surface area contributed by atoms with Gasteiger partial charge in [-0.05, 0) is 36.8 Å². The third kappa shape index (κ3) is 2.00. The van der Waals surface area contributed by atoms with Crippen molar-refractivity contribution in [2.45, 2.75) is 45.3 Å². The van der Waals surface area contributed by atoms with Crippen molar-refractivity contribution >= 4 is 11.3 Å². The lowest BCUT2D eigenvalue weighted by molar-refractivity contribution is -0.0807. The maximum absolute atomic E-state index is 10.2. The van der Waals surface area contributed by atoms with E-state index in [-0.39, 0.29) is 0 Å². The van der Waals surface area contributed by atoms with E-state index in [2.05, 4.69) is 0 Å². The number of aliphatic hydroxyl groups is 2. The van der Waals surface area contributed by atoms with E-state index in [1.165, 1.54) is 11.3 Å². The minimum atomic E-state index is -0.977. The number of thiophene rings is 1. The summed E-state index contributed by atoms with van der Waals surface area (Å²) < 4.78 is 0. The molecule has 80 valence electrons.